The second-order valence-electron chi connectivity index (χ2n) is 5.72. The first-order valence-electron chi connectivity index (χ1n) is 7.83. The minimum Gasteiger partial charge on any atom is -0.346 e. The van der Waals surface area contributed by atoms with E-state index in [0.29, 0.717) is 6.54 Å². The highest BCUT2D eigenvalue weighted by atomic mass is 32.2. The fourth-order valence-electron chi connectivity index (χ4n) is 2.81. The molecule has 1 aromatic carbocycles. The number of benzene rings is 1. The standard InChI is InChI=1S/C18H17N3OS2/c1-12-4-6-13(7-5-12)16-14(21-8-10-24-18(21)20-16)11-19-17(22)15-3-2-9-23-15/h2-7,9H,8,10-11H2,1H3,(H,19,22). The molecule has 1 N–H and O–H groups in total. The Kier molecular flexibility index (Phi) is 4.16. The highest BCUT2D eigenvalue weighted by Gasteiger charge is 2.23. The quantitative estimate of drug-likeness (QED) is 0.771. The summed E-state index contributed by atoms with van der Waals surface area (Å²) in [6.07, 6.45) is 0. The number of thioether (sulfide) groups is 1. The van der Waals surface area contributed by atoms with Gasteiger partial charge in [-0.05, 0) is 18.4 Å². The van der Waals surface area contributed by atoms with E-state index >= 15 is 0 Å². The normalized spacial score (nSPS) is 13.0. The van der Waals surface area contributed by atoms with Crippen LogP contribution in [0.5, 0.6) is 0 Å². The van der Waals surface area contributed by atoms with Gasteiger partial charge in [-0.1, -0.05) is 47.7 Å². The number of aryl methyl sites for hydroxylation is 1. The molecule has 2 aromatic heterocycles. The van der Waals surface area contributed by atoms with Crippen LogP contribution in [-0.4, -0.2) is 21.2 Å². The van der Waals surface area contributed by atoms with E-state index < -0.39 is 0 Å². The van der Waals surface area contributed by atoms with Crippen LogP contribution in [0, 0.1) is 6.92 Å². The Bertz CT molecular complexity index is 867. The Labute approximate surface area is 148 Å². The Morgan fingerprint density at radius 2 is 2.12 bits per heavy atom. The van der Waals surface area contributed by atoms with Gasteiger partial charge in [-0.15, -0.1) is 11.3 Å². The number of fused-ring (bicyclic) bond motifs is 1. The molecule has 4 rings (SSSR count). The lowest BCUT2D eigenvalue weighted by molar-refractivity contribution is 0.0954. The van der Waals surface area contributed by atoms with Gasteiger partial charge in [0.2, 0.25) is 0 Å². The molecule has 1 aliphatic heterocycles. The maximum atomic E-state index is 12.3. The van der Waals surface area contributed by atoms with Crippen molar-refractivity contribution < 1.29 is 4.79 Å². The van der Waals surface area contributed by atoms with Crippen LogP contribution in [0.2, 0.25) is 0 Å². The number of rotatable bonds is 4. The summed E-state index contributed by atoms with van der Waals surface area (Å²) >= 11 is 3.23. The van der Waals surface area contributed by atoms with Crippen LogP contribution >= 0.6 is 23.1 Å². The fraction of sp³-hybridized carbons (Fsp3) is 0.222. The Hall–Kier alpha value is -2.05. The minimum absolute atomic E-state index is 0.0268. The molecule has 0 fully saturated rings. The van der Waals surface area contributed by atoms with Crippen LogP contribution in [0.4, 0.5) is 0 Å². The molecule has 0 bridgehead atoms. The second kappa shape index (κ2) is 6.45. The van der Waals surface area contributed by atoms with E-state index in [0.717, 1.165) is 39.3 Å². The number of nitrogens with zero attached hydrogens (tertiary/aromatic N) is 2. The lowest BCUT2D eigenvalue weighted by atomic mass is 10.1. The number of nitrogens with one attached hydrogen (secondary N) is 1. The van der Waals surface area contributed by atoms with Crippen molar-refractivity contribution >= 4 is 29.0 Å². The average molecular weight is 355 g/mol. The summed E-state index contributed by atoms with van der Waals surface area (Å²) in [5, 5.41) is 6.00. The van der Waals surface area contributed by atoms with Gasteiger partial charge in [-0.3, -0.25) is 4.79 Å². The molecule has 3 aromatic rings. The molecule has 0 aliphatic carbocycles. The molecule has 0 saturated carbocycles. The van der Waals surface area contributed by atoms with Crippen molar-refractivity contribution in [2.45, 2.75) is 25.2 Å². The molecule has 1 aliphatic rings. The molecule has 0 spiro atoms. The van der Waals surface area contributed by atoms with Crippen molar-refractivity contribution in [3.8, 4) is 11.3 Å². The number of thiophene rings is 1. The molecule has 4 nitrogen and oxygen atoms in total. The van der Waals surface area contributed by atoms with Crippen LogP contribution in [0.25, 0.3) is 11.3 Å². The van der Waals surface area contributed by atoms with Crippen molar-refractivity contribution in [1.29, 1.82) is 0 Å². The van der Waals surface area contributed by atoms with Crippen LogP contribution in [0.1, 0.15) is 20.9 Å². The molecule has 122 valence electrons. The molecule has 0 radical (unpaired) electrons. The monoisotopic (exact) mass is 355 g/mol. The summed E-state index contributed by atoms with van der Waals surface area (Å²) in [7, 11) is 0. The number of carbonyl (C=O) groups is 1. The van der Waals surface area contributed by atoms with Crippen molar-refractivity contribution in [2.75, 3.05) is 5.75 Å². The molecule has 0 saturated heterocycles. The van der Waals surface area contributed by atoms with E-state index in [-0.39, 0.29) is 5.91 Å². The highest BCUT2D eigenvalue weighted by Crippen LogP contribution is 2.33. The van der Waals surface area contributed by atoms with Gasteiger partial charge in [0.15, 0.2) is 5.16 Å². The van der Waals surface area contributed by atoms with E-state index in [9.17, 15) is 4.79 Å². The summed E-state index contributed by atoms with van der Waals surface area (Å²) in [5.74, 6) is 1.02. The Balaban J connectivity index is 1.64. The molecule has 1 amide bonds. The predicted octanol–water partition coefficient (Wildman–Crippen LogP) is 3.96. The first-order chi connectivity index (χ1) is 11.7. The van der Waals surface area contributed by atoms with Gasteiger partial charge in [-0.2, -0.15) is 0 Å². The largest absolute Gasteiger partial charge is 0.346 e. The second-order valence-corrected chi connectivity index (χ2v) is 7.73. The van der Waals surface area contributed by atoms with E-state index in [1.54, 1.807) is 11.8 Å². The fourth-order valence-corrected chi connectivity index (χ4v) is 4.42. The van der Waals surface area contributed by atoms with Gasteiger partial charge in [0, 0.05) is 17.9 Å². The maximum absolute atomic E-state index is 12.3. The SMILES string of the molecule is Cc1ccc(-c2nc3n(c2CNC(=O)c2cccs2)CCS3)cc1. The Morgan fingerprint density at radius 1 is 1.29 bits per heavy atom. The topological polar surface area (TPSA) is 46.9 Å². The first kappa shape index (κ1) is 15.5. The summed E-state index contributed by atoms with van der Waals surface area (Å²) < 4.78 is 2.23. The molecular formula is C18H17N3OS2. The number of aromatic nitrogens is 2. The van der Waals surface area contributed by atoms with E-state index in [1.165, 1.54) is 16.9 Å². The third-order valence-electron chi connectivity index (χ3n) is 4.07. The number of carbonyl (C=O) groups excluding carboxylic acids is 1. The van der Waals surface area contributed by atoms with Crippen LogP contribution in [-0.2, 0) is 13.1 Å². The summed E-state index contributed by atoms with van der Waals surface area (Å²) in [5.41, 5.74) is 4.39. The van der Waals surface area contributed by atoms with E-state index in [1.807, 2.05) is 17.5 Å². The van der Waals surface area contributed by atoms with Crippen LogP contribution in [0.15, 0.2) is 46.9 Å². The molecule has 24 heavy (non-hydrogen) atoms. The zero-order chi connectivity index (χ0) is 16.5. The first-order valence-corrected chi connectivity index (χ1v) is 9.70. The molecule has 6 heteroatoms. The summed E-state index contributed by atoms with van der Waals surface area (Å²) in [6.45, 7) is 3.52. The predicted molar refractivity (Wildman–Crippen MR) is 98.6 cm³/mol. The molecule has 0 unspecified atom stereocenters. The van der Waals surface area contributed by atoms with Gasteiger partial charge in [0.1, 0.15) is 0 Å². The van der Waals surface area contributed by atoms with Crippen molar-refractivity contribution in [3.63, 3.8) is 0 Å². The third-order valence-corrected chi connectivity index (χ3v) is 5.90. The Morgan fingerprint density at radius 3 is 2.88 bits per heavy atom. The number of hydrogen-bond acceptors (Lipinski definition) is 4. The highest BCUT2D eigenvalue weighted by molar-refractivity contribution is 7.99. The van der Waals surface area contributed by atoms with Crippen molar-refractivity contribution in [2.24, 2.45) is 0 Å². The zero-order valence-electron chi connectivity index (χ0n) is 13.3. The van der Waals surface area contributed by atoms with Crippen molar-refractivity contribution in [3.05, 3.63) is 57.9 Å². The lowest BCUT2D eigenvalue weighted by Gasteiger charge is -2.09. The van der Waals surface area contributed by atoms with Gasteiger partial charge in [-0.25, -0.2) is 4.98 Å². The van der Waals surface area contributed by atoms with Gasteiger partial charge < -0.3 is 9.88 Å². The van der Waals surface area contributed by atoms with Crippen LogP contribution in [0.3, 0.4) is 0 Å². The zero-order valence-corrected chi connectivity index (χ0v) is 14.9. The summed E-state index contributed by atoms with van der Waals surface area (Å²) in [6, 6.07) is 12.1. The van der Waals surface area contributed by atoms with E-state index in [2.05, 4.69) is 41.1 Å². The molecule has 0 atom stereocenters. The number of imidazole rings is 1. The lowest BCUT2D eigenvalue weighted by Crippen LogP contribution is -2.23. The molecular weight excluding hydrogens is 338 g/mol. The van der Waals surface area contributed by atoms with Crippen molar-refractivity contribution in [1.82, 2.24) is 14.9 Å². The maximum Gasteiger partial charge on any atom is 0.261 e. The molecule has 3 heterocycles. The average Bonchev–Trinajstić information content (AvgIpc) is 3.31. The number of amides is 1. The smallest absolute Gasteiger partial charge is 0.261 e. The van der Waals surface area contributed by atoms with Gasteiger partial charge >= 0.3 is 0 Å². The van der Waals surface area contributed by atoms with E-state index in [4.69, 9.17) is 4.98 Å². The van der Waals surface area contributed by atoms with Crippen LogP contribution < -0.4 is 5.32 Å². The number of hydrogen-bond donors (Lipinski definition) is 1. The van der Waals surface area contributed by atoms with Gasteiger partial charge in [0.25, 0.3) is 5.91 Å². The minimum atomic E-state index is -0.0268. The summed E-state index contributed by atoms with van der Waals surface area (Å²) in [4.78, 5) is 17.8. The van der Waals surface area contributed by atoms with Gasteiger partial charge in [0.05, 0.1) is 22.8 Å². The third kappa shape index (κ3) is 2.87.